The van der Waals surface area contributed by atoms with Crippen molar-refractivity contribution in [3.05, 3.63) is 47.1 Å². The molecule has 2 aliphatic rings. The van der Waals surface area contributed by atoms with Crippen LogP contribution in [0.25, 0.3) is 22.4 Å². The van der Waals surface area contributed by atoms with Gasteiger partial charge in [-0.15, -0.1) is 0 Å². The van der Waals surface area contributed by atoms with E-state index in [1.165, 1.54) is 6.42 Å². The third-order valence-corrected chi connectivity index (χ3v) is 7.81. The predicted octanol–water partition coefficient (Wildman–Crippen LogP) is 6.40. The van der Waals surface area contributed by atoms with Gasteiger partial charge in [-0.1, -0.05) is 30.9 Å². The summed E-state index contributed by atoms with van der Waals surface area (Å²) in [6, 6.07) is 11.6. The highest BCUT2D eigenvalue weighted by molar-refractivity contribution is 7.80. The van der Waals surface area contributed by atoms with Crippen molar-refractivity contribution in [2.45, 2.75) is 64.5 Å². The second-order valence-electron chi connectivity index (χ2n) is 9.22. The summed E-state index contributed by atoms with van der Waals surface area (Å²) in [6.07, 6.45) is 5.49. The van der Waals surface area contributed by atoms with Gasteiger partial charge in [0.2, 0.25) is 11.0 Å². The molecule has 2 aromatic heterocycles. The van der Waals surface area contributed by atoms with Crippen LogP contribution in [0.4, 0.5) is 0 Å². The van der Waals surface area contributed by atoms with Crippen LogP contribution in [0.2, 0.25) is 5.02 Å². The minimum absolute atomic E-state index is 0.162. The average molecular weight is 500 g/mol. The zero-order valence-electron chi connectivity index (χ0n) is 19.7. The van der Waals surface area contributed by atoms with Crippen LogP contribution < -0.4 is 0 Å². The Morgan fingerprint density at radius 3 is 2.50 bits per heavy atom. The predicted molar refractivity (Wildman–Crippen MR) is 138 cm³/mol. The summed E-state index contributed by atoms with van der Waals surface area (Å²) in [5.74, 6) is 0.928. The van der Waals surface area contributed by atoms with Gasteiger partial charge in [-0.3, -0.25) is 14.2 Å². The molecule has 0 saturated heterocycles. The van der Waals surface area contributed by atoms with Gasteiger partial charge in [0.25, 0.3) is 0 Å². The number of amides is 1. The van der Waals surface area contributed by atoms with E-state index < -0.39 is 5.54 Å². The van der Waals surface area contributed by atoms with E-state index in [1.54, 1.807) is 0 Å². The molecule has 1 saturated carbocycles. The van der Waals surface area contributed by atoms with Gasteiger partial charge in [-0.2, -0.15) is 0 Å². The summed E-state index contributed by atoms with van der Waals surface area (Å²) in [7, 11) is 0. The van der Waals surface area contributed by atoms with Crippen LogP contribution in [0.5, 0.6) is 0 Å². The van der Waals surface area contributed by atoms with Gasteiger partial charge in [0, 0.05) is 35.8 Å². The van der Waals surface area contributed by atoms with E-state index in [2.05, 4.69) is 4.57 Å². The second kappa shape index (κ2) is 9.36. The van der Waals surface area contributed by atoms with Crippen LogP contribution in [0.1, 0.15) is 58.1 Å². The molecular weight excluding hydrogens is 470 g/mol. The van der Waals surface area contributed by atoms with Crippen LogP contribution in [0, 0.1) is 0 Å². The summed E-state index contributed by atoms with van der Waals surface area (Å²) in [5.41, 5.74) is 3.17. The number of fused-ring (bicyclic) bond motifs is 3. The molecule has 1 aliphatic carbocycles. The molecule has 6 nitrogen and oxygen atoms in total. The van der Waals surface area contributed by atoms with E-state index in [0.717, 1.165) is 53.8 Å². The summed E-state index contributed by atoms with van der Waals surface area (Å²) >= 11 is 12.1. The number of benzene rings is 1. The molecule has 5 rings (SSSR count). The number of halogens is 1. The Labute approximate surface area is 210 Å². The molecule has 3 aromatic rings. The van der Waals surface area contributed by atoms with Crippen molar-refractivity contribution >= 4 is 45.9 Å². The molecule has 180 valence electrons. The SMILES string of the molecule is CCN(CC)C(=O)CC1(N2OCc3cc4oc(-c5ccc(Cl)cc5)cc4n3C2=S)CCCCC1. The van der Waals surface area contributed by atoms with Crippen molar-refractivity contribution < 1.29 is 14.0 Å². The van der Waals surface area contributed by atoms with Gasteiger partial charge < -0.3 is 9.32 Å². The summed E-state index contributed by atoms with van der Waals surface area (Å²) in [5, 5.41) is 3.14. The molecule has 1 aliphatic heterocycles. The smallest absolute Gasteiger partial charge is 0.225 e. The van der Waals surface area contributed by atoms with Crippen molar-refractivity contribution in [2.24, 2.45) is 0 Å². The average Bonchev–Trinajstić information content (AvgIpc) is 3.39. The Balaban J connectivity index is 1.49. The topological polar surface area (TPSA) is 50.9 Å². The molecule has 0 spiro atoms. The normalized spacial score (nSPS) is 17.7. The largest absolute Gasteiger partial charge is 0.454 e. The van der Waals surface area contributed by atoms with E-state index in [0.29, 0.717) is 36.3 Å². The Hall–Kier alpha value is -2.35. The summed E-state index contributed by atoms with van der Waals surface area (Å²) in [4.78, 5) is 21.4. The monoisotopic (exact) mass is 499 g/mol. The zero-order valence-corrected chi connectivity index (χ0v) is 21.3. The van der Waals surface area contributed by atoms with Crippen LogP contribution in [-0.2, 0) is 16.2 Å². The lowest BCUT2D eigenvalue weighted by molar-refractivity contribution is -0.198. The maximum Gasteiger partial charge on any atom is 0.225 e. The van der Waals surface area contributed by atoms with Crippen molar-refractivity contribution in [1.82, 2.24) is 14.5 Å². The number of furan rings is 1. The third-order valence-electron chi connectivity index (χ3n) is 7.21. The molecule has 3 heterocycles. The molecule has 0 unspecified atom stereocenters. The Morgan fingerprint density at radius 1 is 1.12 bits per heavy atom. The van der Waals surface area contributed by atoms with Gasteiger partial charge in [0.05, 0.1) is 23.2 Å². The maximum atomic E-state index is 13.2. The first-order valence-electron chi connectivity index (χ1n) is 12.1. The number of hydrogen-bond acceptors (Lipinski definition) is 4. The molecular formula is C26H30ClN3O3S. The maximum absolute atomic E-state index is 13.2. The number of carbonyl (C=O) groups is 1. The number of thiocarbonyl (C=S) groups is 1. The summed E-state index contributed by atoms with van der Waals surface area (Å²) in [6.45, 7) is 5.86. The van der Waals surface area contributed by atoms with Crippen molar-refractivity contribution in [1.29, 1.82) is 0 Å². The standard InChI is InChI=1S/C26H30ClN3O3S/c1-3-28(4-2)24(31)16-26(12-6-5-7-13-26)30-25(34)29-20(17-32-30)14-23-21(29)15-22(33-23)18-8-10-19(27)11-9-18/h8-11,14-15H,3-7,12-13,16-17H2,1-2H3. The number of aromatic nitrogens is 1. The van der Waals surface area contributed by atoms with Gasteiger partial charge in [0.1, 0.15) is 12.4 Å². The van der Waals surface area contributed by atoms with E-state index in [-0.39, 0.29) is 5.91 Å². The molecule has 1 fully saturated rings. The van der Waals surface area contributed by atoms with Gasteiger partial charge >= 0.3 is 0 Å². The fourth-order valence-corrected chi connectivity index (χ4v) is 5.97. The van der Waals surface area contributed by atoms with Gasteiger partial charge in [-0.05, 0) is 63.2 Å². The first-order valence-corrected chi connectivity index (χ1v) is 12.9. The fourth-order valence-electron chi connectivity index (χ4n) is 5.38. The highest BCUT2D eigenvalue weighted by atomic mass is 35.5. The molecule has 8 heteroatoms. The lowest BCUT2D eigenvalue weighted by atomic mass is 9.78. The number of rotatable bonds is 6. The molecule has 0 bridgehead atoms. The summed E-state index contributed by atoms with van der Waals surface area (Å²) < 4.78 is 8.22. The van der Waals surface area contributed by atoms with Crippen LogP contribution in [-0.4, -0.2) is 44.2 Å². The van der Waals surface area contributed by atoms with Crippen molar-refractivity contribution in [2.75, 3.05) is 13.1 Å². The number of carbonyl (C=O) groups excluding carboxylic acids is 1. The third kappa shape index (κ3) is 4.04. The van der Waals surface area contributed by atoms with Gasteiger partial charge in [0.15, 0.2) is 5.58 Å². The van der Waals surface area contributed by atoms with Crippen LogP contribution in [0.3, 0.4) is 0 Å². The second-order valence-corrected chi connectivity index (χ2v) is 10.0. The highest BCUT2D eigenvalue weighted by Crippen LogP contribution is 2.41. The van der Waals surface area contributed by atoms with E-state index in [1.807, 2.05) is 60.2 Å². The van der Waals surface area contributed by atoms with Gasteiger partial charge in [-0.25, -0.2) is 5.06 Å². The number of hydroxylamine groups is 2. The minimum Gasteiger partial charge on any atom is -0.454 e. The quantitative estimate of drug-likeness (QED) is 0.367. The molecule has 1 aromatic carbocycles. The lowest BCUT2D eigenvalue weighted by Gasteiger charge is -2.48. The number of hydrogen-bond donors (Lipinski definition) is 0. The molecule has 1 amide bonds. The first-order chi connectivity index (χ1) is 16.5. The zero-order chi connectivity index (χ0) is 23.9. The van der Waals surface area contributed by atoms with E-state index in [9.17, 15) is 4.79 Å². The fraction of sp³-hybridized carbons (Fsp3) is 0.462. The van der Waals surface area contributed by atoms with Crippen molar-refractivity contribution in [3.8, 4) is 11.3 Å². The molecule has 34 heavy (non-hydrogen) atoms. The van der Waals surface area contributed by atoms with E-state index in [4.69, 9.17) is 33.1 Å². The molecule has 0 radical (unpaired) electrons. The highest BCUT2D eigenvalue weighted by Gasteiger charge is 2.45. The number of nitrogens with zero attached hydrogens (tertiary/aromatic N) is 3. The Morgan fingerprint density at radius 2 is 1.82 bits per heavy atom. The first kappa shape index (κ1) is 23.4. The van der Waals surface area contributed by atoms with Crippen LogP contribution >= 0.6 is 23.8 Å². The molecule has 0 N–H and O–H groups in total. The van der Waals surface area contributed by atoms with E-state index >= 15 is 0 Å². The Bertz CT molecular complexity index is 1210. The minimum atomic E-state index is -0.425. The Kier molecular flexibility index (Phi) is 6.44. The van der Waals surface area contributed by atoms with Crippen molar-refractivity contribution in [3.63, 3.8) is 0 Å². The lowest BCUT2D eigenvalue weighted by Crippen LogP contribution is -2.57. The molecule has 0 atom stereocenters. The van der Waals surface area contributed by atoms with Crippen LogP contribution in [0.15, 0.2) is 40.8 Å².